The number of hydrogen-bond donors (Lipinski definition) is 0. The third kappa shape index (κ3) is 6.24. The van der Waals surface area contributed by atoms with Crippen LogP contribution in [0.25, 0.3) is 72.0 Å². The number of nitrogens with zero attached hydrogens (tertiary/aromatic N) is 2. The number of para-hydroxylation sites is 2. The molecule has 0 unspecified atom stereocenters. The van der Waals surface area contributed by atoms with Crippen LogP contribution < -0.4 is 4.90 Å². The van der Waals surface area contributed by atoms with Gasteiger partial charge in [-0.3, -0.25) is 0 Å². The van der Waals surface area contributed by atoms with E-state index >= 15 is 0 Å². The van der Waals surface area contributed by atoms with Crippen LogP contribution in [0.2, 0.25) is 0 Å². The van der Waals surface area contributed by atoms with Crippen LogP contribution in [-0.2, 0) is 0 Å². The van der Waals surface area contributed by atoms with Gasteiger partial charge in [-0.1, -0.05) is 170 Å². The number of benzene rings is 9. The van der Waals surface area contributed by atoms with Crippen molar-refractivity contribution in [1.29, 1.82) is 0 Å². The smallest absolute Gasteiger partial charge is 0.0541 e. The van der Waals surface area contributed by atoms with Gasteiger partial charge in [0.05, 0.1) is 11.0 Å². The first kappa shape index (κ1) is 33.2. The molecule has 1 aromatic heterocycles. The SMILES string of the molecule is c1ccc(-c2ccc(-c3ccc(N(c4ccc(-c5cccc(-n6c7ccccc7c7ccccc76)c5)cc4)c4cccc(-c5ccccc5)c4)cc3)cc2)cc1. The summed E-state index contributed by atoms with van der Waals surface area (Å²) in [7, 11) is 0. The molecule has 10 aromatic rings. The van der Waals surface area contributed by atoms with Gasteiger partial charge in [-0.2, -0.15) is 0 Å². The Hall–Kier alpha value is -7.42. The highest BCUT2D eigenvalue weighted by Crippen LogP contribution is 2.39. The second-order valence-electron chi connectivity index (χ2n) is 14.2. The second kappa shape index (κ2) is 14.4. The summed E-state index contributed by atoms with van der Waals surface area (Å²) in [6.07, 6.45) is 0. The van der Waals surface area contributed by atoms with E-state index in [4.69, 9.17) is 0 Å². The van der Waals surface area contributed by atoms with Gasteiger partial charge in [-0.05, 0) is 105 Å². The van der Waals surface area contributed by atoms with Gasteiger partial charge in [-0.15, -0.1) is 0 Å². The van der Waals surface area contributed by atoms with Crippen LogP contribution in [-0.4, -0.2) is 4.57 Å². The zero-order valence-electron chi connectivity index (χ0n) is 30.8. The molecule has 0 fully saturated rings. The molecule has 0 N–H and O–H groups in total. The summed E-state index contributed by atoms with van der Waals surface area (Å²) in [6, 6.07) is 83.0. The molecule has 0 radical (unpaired) electrons. The van der Waals surface area contributed by atoms with Gasteiger partial charge in [0.1, 0.15) is 0 Å². The van der Waals surface area contributed by atoms with E-state index in [9.17, 15) is 0 Å². The molecule has 264 valence electrons. The van der Waals surface area contributed by atoms with E-state index in [0.29, 0.717) is 0 Å². The first-order valence-corrected chi connectivity index (χ1v) is 19.2. The van der Waals surface area contributed by atoms with Gasteiger partial charge >= 0.3 is 0 Å². The summed E-state index contributed by atoms with van der Waals surface area (Å²) in [4.78, 5) is 2.35. The standard InChI is InChI=1S/C54H38N2/c1-3-13-39(14-4-1)41-25-27-42(28-26-41)43-29-33-47(34-30-43)55(49-19-11-17-45(37-49)40-15-5-2-6-16-40)48-35-31-44(32-36-48)46-18-12-20-50(38-46)56-53-23-9-7-21-51(53)52-22-8-10-24-54(52)56/h1-38H. The van der Waals surface area contributed by atoms with Gasteiger partial charge in [0, 0.05) is 33.5 Å². The fraction of sp³-hybridized carbons (Fsp3) is 0. The molecule has 0 aliphatic carbocycles. The van der Waals surface area contributed by atoms with E-state index < -0.39 is 0 Å². The van der Waals surface area contributed by atoms with Crippen LogP contribution in [0.5, 0.6) is 0 Å². The molecule has 0 amide bonds. The predicted octanol–water partition coefficient (Wildman–Crippen LogP) is 14.9. The zero-order valence-corrected chi connectivity index (χ0v) is 30.8. The van der Waals surface area contributed by atoms with Crippen molar-refractivity contribution in [1.82, 2.24) is 4.57 Å². The number of hydrogen-bond acceptors (Lipinski definition) is 1. The van der Waals surface area contributed by atoms with E-state index in [2.05, 4.69) is 240 Å². The molecule has 0 aliphatic heterocycles. The lowest BCUT2D eigenvalue weighted by Gasteiger charge is -2.26. The maximum atomic E-state index is 2.38. The summed E-state index contributed by atoms with van der Waals surface area (Å²) in [5.41, 5.74) is 16.4. The topological polar surface area (TPSA) is 8.17 Å². The van der Waals surface area contributed by atoms with Crippen LogP contribution in [0.3, 0.4) is 0 Å². The molecule has 2 nitrogen and oxygen atoms in total. The summed E-state index contributed by atoms with van der Waals surface area (Å²) < 4.78 is 2.38. The maximum absolute atomic E-state index is 2.38. The molecule has 10 rings (SSSR count). The number of fused-ring (bicyclic) bond motifs is 3. The summed E-state index contributed by atoms with van der Waals surface area (Å²) >= 11 is 0. The minimum absolute atomic E-state index is 1.09. The lowest BCUT2D eigenvalue weighted by atomic mass is 10.00. The Morgan fingerprint density at radius 1 is 0.250 bits per heavy atom. The average molecular weight is 715 g/mol. The van der Waals surface area contributed by atoms with Gasteiger partial charge in [0.15, 0.2) is 0 Å². The molecule has 0 spiro atoms. The fourth-order valence-electron chi connectivity index (χ4n) is 8.02. The van der Waals surface area contributed by atoms with Crippen LogP contribution in [0.4, 0.5) is 17.1 Å². The van der Waals surface area contributed by atoms with E-state index in [0.717, 1.165) is 22.7 Å². The fourth-order valence-corrected chi connectivity index (χ4v) is 8.02. The second-order valence-corrected chi connectivity index (χ2v) is 14.2. The Labute approximate surface area is 327 Å². The normalized spacial score (nSPS) is 11.2. The molecular weight excluding hydrogens is 677 g/mol. The highest BCUT2D eigenvalue weighted by atomic mass is 15.1. The highest BCUT2D eigenvalue weighted by Gasteiger charge is 2.16. The van der Waals surface area contributed by atoms with Crippen LogP contribution in [0, 0.1) is 0 Å². The molecule has 0 saturated heterocycles. The van der Waals surface area contributed by atoms with Gasteiger partial charge < -0.3 is 9.47 Å². The monoisotopic (exact) mass is 714 g/mol. The van der Waals surface area contributed by atoms with Gasteiger partial charge in [0.25, 0.3) is 0 Å². The molecule has 0 bridgehead atoms. The Balaban J connectivity index is 1.01. The Bertz CT molecular complexity index is 2870. The van der Waals surface area contributed by atoms with Crippen molar-refractivity contribution in [3.05, 3.63) is 231 Å². The molecule has 2 heteroatoms. The van der Waals surface area contributed by atoms with Crippen LogP contribution in [0.15, 0.2) is 231 Å². The lowest BCUT2D eigenvalue weighted by Crippen LogP contribution is -2.10. The number of rotatable bonds is 8. The minimum Gasteiger partial charge on any atom is -0.310 e. The number of anilines is 3. The van der Waals surface area contributed by atoms with Crippen molar-refractivity contribution >= 4 is 38.9 Å². The molecule has 0 saturated carbocycles. The lowest BCUT2D eigenvalue weighted by molar-refractivity contribution is 1.18. The summed E-state index contributed by atoms with van der Waals surface area (Å²) in [6.45, 7) is 0. The largest absolute Gasteiger partial charge is 0.310 e. The molecule has 1 heterocycles. The van der Waals surface area contributed by atoms with E-state index in [1.807, 2.05) is 0 Å². The Kier molecular flexibility index (Phi) is 8.55. The van der Waals surface area contributed by atoms with Crippen molar-refractivity contribution in [2.45, 2.75) is 0 Å². The zero-order chi connectivity index (χ0) is 37.3. The summed E-state index contributed by atoms with van der Waals surface area (Å²) in [5, 5.41) is 2.53. The summed E-state index contributed by atoms with van der Waals surface area (Å²) in [5.74, 6) is 0. The van der Waals surface area contributed by atoms with Crippen LogP contribution in [0.1, 0.15) is 0 Å². The predicted molar refractivity (Wildman–Crippen MR) is 237 cm³/mol. The van der Waals surface area contributed by atoms with E-state index in [1.165, 1.54) is 66.3 Å². The third-order valence-electron chi connectivity index (χ3n) is 10.8. The van der Waals surface area contributed by atoms with E-state index in [1.54, 1.807) is 0 Å². The first-order valence-electron chi connectivity index (χ1n) is 19.2. The van der Waals surface area contributed by atoms with Crippen molar-refractivity contribution in [3.63, 3.8) is 0 Å². The minimum atomic E-state index is 1.09. The highest BCUT2D eigenvalue weighted by molar-refractivity contribution is 6.09. The van der Waals surface area contributed by atoms with Gasteiger partial charge in [0.2, 0.25) is 0 Å². The Morgan fingerprint density at radius 3 is 1.16 bits per heavy atom. The molecule has 56 heavy (non-hydrogen) atoms. The van der Waals surface area contributed by atoms with Crippen molar-refractivity contribution < 1.29 is 0 Å². The molecule has 0 aliphatic rings. The first-order chi connectivity index (χ1) is 27.8. The van der Waals surface area contributed by atoms with Crippen molar-refractivity contribution in [3.8, 4) is 50.2 Å². The maximum Gasteiger partial charge on any atom is 0.0541 e. The molecule has 9 aromatic carbocycles. The molecular formula is C54H38N2. The van der Waals surface area contributed by atoms with Crippen LogP contribution >= 0.6 is 0 Å². The van der Waals surface area contributed by atoms with Gasteiger partial charge in [-0.25, -0.2) is 0 Å². The molecule has 0 atom stereocenters. The third-order valence-corrected chi connectivity index (χ3v) is 10.8. The van der Waals surface area contributed by atoms with Crippen molar-refractivity contribution in [2.75, 3.05) is 4.90 Å². The van der Waals surface area contributed by atoms with E-state index in [-0.39, 0.29) is 0 Å². The number of aromatic nitrogens is 1. The van der Waals surface area contributed by atoms with Crippen molar-refractivity contribution in [2.24, 2.45) is 0 Å². The quantitative estimate of drug-likeness (QED) is 0.152. The Morgan fingerprint density at radius 2 is 0.625 bits per heavy atom. The average Bonchev–Trinajstić information content (AvgIpc) is 3.62.